The minimum absolute atomic E-state index is 0.149. The van der Waals surface area contributed by atoms with Crippen LogP contribution >= 0.6 is 0 Å². The van der Waals surface area contributed by atoms with Crippen LogP contribution in [0.25, 0.3) is 0 Å². The van der Waals surface area contributed by atoms with E-state index in [4.69, 9.17) is 9.47 Å². The maximum Gasteiger partial charge on any atom is 0.302 e. The van der Waals surface area contributed by atoms with Gasteiger partial charge in [-0.2, -0.15) is 0 Å². The molecule has 0 spiro atoms. The van der Waals surface area contributed by atoms with Gasteiger partial charge in [0.25, 0.3) is 0 Å². The number of para-hydroxylation sites is 1. The van der Waals surface area contributed by atoms with E-state index in [1.807, 2.05) is 49.4 Å². The molecule has 0 aliphatic carbocycles. The molecule has 0 saturated heterocycles. The largest absolute Gasteiger partial charge is 0.479 e. The van der Waals surface area contributed by atoms with Gasteiger partial charge in [-0.3, -0.25) is 4.79 Å². The van der Waals surface area contributed by atoms with Crippen molar-refractivity contribution in [2.24, 2.45) is 0 Å². The maximum absolute atomic E-state index is 11.4. The van der Waals surface area contributed by atoms with Crippen molar-refractivity contribution in [1.29, 1.82) is 0 Å². The molecule has 31 heavy (non-hydrogen) atoms. The fraction of sp³-hybridized carbons (Fsp3) is 0.296. The molecule has 2 unspecified atom stereocenters. The summed E-state index contributed by atoms with van der Waals surface area (Å²) in [5, 5.41) is 0. The SMILES string of the molecule is CC(=O)OCC(C)(Oc1ccc(C2CCN(C)c3ccccc32)cc1)c1ccccc1. The molecular weight excluding hydrogens is 386 g/mol. The molecule has 0 saturated carbocycles. The number of benzene rings is 3. The molecule has 0 radical (unpaired) electrons. The Balaban J connectivity index is 1.57. The van der Waals surface area contributed by atoms with E-state index < -0.39 is 5.60 Å². The van der Waals surface area contributed by atoms with Crippen LogP contribution in [0.1, 0.15) is 42.9 Å². The molecule has 1 aliphatic heterocycles. The first-order chi connectivity index (χ1) is 15.0. The number of hydrogen-bond acceptors (Lipinski definition) is 4. The van der Waals surface area contributed by atoms with E-state index in [-0.39, 0.29) is 12.6 Å². The summed E-state index contributed by atoms with van der Waals surface area (Å²) in [6.45, 7) is 4.55. The number of carbonyl (C=O) groups excluding carboxylic acids is 1. The lowest BCUT2D eigenvalue weighted by atomic mass is 9.84. The molecule has 160 valence electrons. The zero-order chi connectivity index (χ0) is 21.8. The number of fused-ring (bicyclic) bond motifs is 1. The minimum Gasteiger partial charge on any atom is -0.479 e. The van der Waals surface area contributed by atoms with Gasteiger partial charge in [0.15, 0.2) is 5.60 Å². The standard InChI is InChI=1S/C27H29NO3/c1-20(29)30-19-27(2,22-9-5-4-6-10-22)31-23-15-13-21(14-16-23)24-17-18-28(3)26-12-8-7-11-25(24)26/h4-16,24H,17-19H2,1-3H3. The van der Waals surface area contributed by atoms with E-state index in [1.54, 1.807) is 0 Å². The molecular formula is C27H29NO3. The van der Waals surface area contributed by atoms with Crippen LogP contribution in [0.2, 0.25) is 0 Å². The minimum atomic E-state index is -0.769. The Kier molecular flexibility index (Phi) is 5.99. The highest BCUT2D eigenvalue weighted by molar-refractivity contribution is 5.66. The highest BCUT2D eigenvalue weighted by Crippen LogP contribution is 2.39. The number of carbonyl (C=O) groups is 1. The molecule has 4 rings (SSSR count). The summed E-state index contributed by atoms with van der Waals surface area (Å²) >= 11 is 0. The van der Waals surface area contributed by atoms with Crippen LogP contribution in [0.5, 0.6) is 5.75 Å². The van der Waals surface area contributed by atoms with Crippen LogP contribution in [0, 0.1) is 0 Å². The van der Waals surface area contributed by atoms with E-state index in [2.05, 4.69) is 48.3 Å². The van der Waals surface area contributed by atoms with Gasteiger partial charge < -0.3 is 14.4 Å². The summed E-state index contributed by atoms with van der Waals surface area (Å²) in [6, 6.07) is 26.9. The number of hydrogen-bond donors (Lipinski definition) is 0. The van der Waals surface area contributed by atoms with Crippen LogP contribution in [-0.4, -0.2) is 26.2 Å². The lowest BCUT2D eigenvalue weighted by Gasteiger charge is -2.34. The lowest BCUT2D eigenvalue weighted by Crippen LogP contribution is -2.35. The average Bonchev–Trinajstić information content (AvgIpc) is 2.80. The van der Waals surface area contributed by atoms with Crippen molar-refractivity contribution in [2.45, 2.75) is 31.8 Å². The first-order valence-corrected chi connectivity index (χ1v) is 10.7. The summed E-state index contributed by atoms with van der Waals surface area (Å²) in [5.74, 6) is 0.813. The number of ether oxygens (including phenoxy) is 2. The van der Waals surface area contributed by atoms with Gasteiger partial charge in [0.1, 0.15) is 12.4 Å². The Morgan fingerprint density at radius 3 is 2.39 bits per heavy atom. The van der Waals surface area contributed by atoms with Gasteiger partial charge in [0, 0.05) is 32.1 Å². The Morgan fingerprint density at radius 1 is 1.00 bits per heavy atom. The van der Waals surface area contributed by atoms with Crippen LogP contribution < -0.4 is 9.64 Å². The van der Waals surface area contributed by atoms with Crippen molar-refractivity contribution in [3.63, 3.8) is 0 Å². The van der Waals surface area contributed by atoms with Crippen molar-refractivity contribution >= 4 is 11.7 Å². The molecule has 4 nitrogen and oxygen atoms in total. The Labute approximate surface area is 184 Å². The first kappa shape index (κ1) is 21.0. The fourth-order valence-corrected chi connectivity index (χ4v) is 4.30. The van der Waals surface area contributed by atoms with Crippen molar-refractivity contribution < 1.29 is 14.3 Å². The fourth-order valence-electron chi connectivity index (χ4n) is 4.30. The molecule has 1 aliphatic rings. The molecule has 0 amide bonds. The predicted molar refractivity (Wildman–Crippen MR) is 124 cm³/mol. The smallest absolute Gasteiger partial charge is 0.302 e. The second-order valence-electron chi connectivity index (χ2n) is 8.37. The normalized spacial score (nSPS) is 17.4. The van der Waals surface area contributed by atoms with Gasteiger partial charge in [-0.15, -0.1) is 0 Å². The third-order valence-corrected chi connectivity index (χ3v) is 6.04. The van der Waals surface area contributed by atoms with Gasteiger partial charge >= 0.3 is 5.97 Å². The topological polar surface area (TPSA) is 38.8 Å². The van der Waals surface area contributed by atoms with Crippen LogP contribution in [0.4, 0.5) is 5.69 Å². The second kappa shape index (κ2) is 8.84. The third-order valence-electron chi connectivity index (χ3n) is 6.04. The average molecular weight is 416 g/mol. The quantitative estimate of drug-likeness (QED) is 0.497. The van der Waals surface area contributed by atoms with Crippen molar-refractivity contribution in [3.8, 4) is 5.75 Å². The molecule has 0 fully saturated rings. The molecule has 3 aromatic rings. The maximum atomic E-state index is 11.4. The molecule has 0 aromatic heterocycles. The van der Waals surface area contributed by atoms with Gasteiger partial charge in [0.05, 0.1) is 0 Å². The van der Waals surface area contributed by atoms with Crippen molar-refractivity contribution in [1.82, 2.24) is 0 Å². The summed E-state index contributed by atoms with van der Waals surface area (Å²) in [7, 11) is 2.15. The van der Waals surface area contributed by atoms with Crippen LogP contribution in [0.3, 0.4) is 0 Å². The highest BCUT2D eigenvalue weighted by Gasteiger charge is 2.31. The van der Waals surface area contributed by atoms with E-state index in [1.165, 1.54) is 23.7 Å². The summed E-state index contributed by atoms with van der Waals surface area (Å²) in [4.78, 5) is 13.8. The molecule has 0 N–H and O–H groups in total. The first-order valence-electron chi connectivity index (χ1n) is 10.7. The number of nitrogens with zero attached hydrogens (tertiary/aromatic N) is 1. The second-order valence-corrected chi connectivity index (χ2v) is 8.37. The lowest BCUT2D eigenvalue weighted by molar-refractivity contribution is -0.147. The number of esters is 1. The molecule has 4 heteroatoms. The van der Waals surface area contributed by atoms with E-state index in [0.717, 1.165) is 24.3 Å². The predicted octanol–water partition coefficient (Wildman–Crippen LogP) is 5.52. The summed E-state index contributed by atoms with van der Waals surface area (Å²) < 4.78 is 11.7. The van der Waals surface area contributed by atoms with Crippen molar-refractivity contribution in [3.05, 3.63) is 95.6 Å². The zero-order valence-corrected chi connectivity index (χ0v) is 18.4. The summed E-state index contributed by atoms with van der Waals surface area (Å²) in [5.41, 5.74) is 4.15. The zero-order valence-electron chi connectivity index (χ0n) is 18.4. The molecule has 0 bridgehead atoms. The van der Waals surface area contributed by atoms with Gasteiger partial charge in [-0.05, 0) is 48.2 Å². The van der Waals surface area contributed by atoms with Crippen LogP contribution in [0.15, 0.2) is 78.9 Å². The van der Waals surface area contributed by atoms with Crippen LogP contribution in [-0.2, 0) is 15.1 Å². The Bertz CT molecular complexity index is 1030. The Morgan fingerprint density at radius 2 is 1.68 bits per heavy atom. The van der Waals surface area contributed by atoms with E-state index in [9.17, 15) is 4.79 Å². The molecule has 1 heterocycles. The van der Waals surface area contributed by atoms with Gasteiger partial charge in [0.2, 0.25) is 0 Å². The highest BCUT2D eigenvalue weighted by atomic mass is 16.6. The van der Waals surface area contributed by atoms with Gasteiger partial charge in [-0.25, -0.2) is 0 Å². The van der Waals surface area contributed by atoms with E-state index >= 15 is 0 Å². The third kappa shape index (κ3) is 4.58. The van der Waals surface area contributed by atoms with Gasteiger partial charge in [-0.1, -0.05) is 60.7 Å². The van der Waals surface area contributed by atoms with E-state index in [0.29, 0.717) is 5.92 Å². The number of anilines is 1. The molecule has 2 atom stereocenters. The molecule has 3 aromatic carbocycles. The monoisotopic (exact) mass is 415 g/mol. The number of rotatable bonds is 6. The van der Waals surface area contributed by atoms with Crippen molar-refractivity contribution in [2.75, 3.05) is 25.1 Å². The Hall–Kier alpha value is -3.27. The summed E-state index contributed by atoms with van der Waals surface area (Å²) in [6.07, 6.45) is 1.09.